The lowest BCUT2D eigenvalue weighted by Gasteiger charge is -2.25. The van der Waals surface area contributed by atoms with Crippen molar-refractivity contribution in [3.05, 3.63) is 0 Å². The van der Waals surface area contributed by atoms with Gasteiger partial charge < -0.3 is 5.32 Å². The number of amides is 1. The first-order valence-electron chi connectivity index (χ1n) is 5.56. The van der Waals surface area contributed by atoms with Crippen molar-refractivity contribution < 1.29 is 4.79 Å². The number of carbonyl (C=O) groups excluding carboxylic acids is 1. The van der Waals surface area contributed by atoms with Crippen LogP contribution in [0.5, 0.6) is 0 Å². The second kappa shape index (κ2) is 3.69. The molecule has 0 bridgehead atoms. The molecule has 0 saturated heterocycles. The smallest absolute Gasteiger partial charge is 0.223 e. The molecular weight excluding hydrogens is 162 g/mol. The standard InChI is InChI=1S/C11H19NO/c1-8-2-4-9(5-3-8)11(13)12-10-6-7-10/h8-10H,2-7H2,1H3,(H,12,13)/t8-,9+. The van der Waals surface area contributed by atoms with Crippen LogP contribution in [0.2, 0.25) is 0 Å². The molecule has 2 heteroatoms. The predicted molar refractivity (Wildman–Crippen MR) is 52.3 cm³/mol. The summed E-state index contributed by atoms with van der Waals surface area (Å²) in [5.74, 6) is 1.50. The summed E-state index contributed by atoms with van der Waals surface area (Å²) in [6.45, 7) is 2.29. The summed E-state index contributed by atoms with van der Waals surface area (Å²) in [6.07, 6.45) is 7.11. The van der Waals surface area contributed by atoms with Gasteiger partial charge in [0.2, 0.25) is 5.91 Å². The Balaban J connectivity index is 1.75. The van der Waals surface area contributed by atoms with Gasteiger partial charge in [0.1, 0.15) is 0 Å². The first-order valence-corrected chi connectivity index (χ1v) is 5.56. The lowest BCUT2D eigenvalue weighted by Crippen LogP contribution is -2.34. The predicted octanol–water partition coefficient (Wildman–Crippen LogP) is 2.09. The Hall–Kier alpha value is -0.530. The normalized spacial score (nSPS) is 34.2. The summed E-state index contributed by atoms with van der Waals surface area (Å²) in [5.41, 5.74) is 0. The summed E-state index contributed by atoms with van der Waals surface area (Å²) in [6, 6.07) is 0.534. The van der Waals surface area contributed by atoms with E-state index in [9.17, 15) is 4.79 Å². The third-order valence-electron chi connectivity index (χ3n) is 3.31. The third-order valence-corrected chi connectivity index (χ3v) is 3.31. The van der Waals surface area contributed by atoms with Gasteiger partial charge in [0.15, 0.2) is 0 Å². The van der Waals surface area contributed by atoms with Crippen molar-refractivity contribution in [3.63, 3.8) is 0 Å². The summed E-state index contributed by atoms with van der Waals surface area (Å²) < 4.78 is 0. The van der Waals surface area contributed by atoms with E-state index < -0.39 is 0 Å². The minimum absolute atomic E-state index is 0.328. The molecule has 1 N–H and O–H groups in total. The molecule has 0 aromatic rings. The molecule has 0 aromatic carbocycles. The van der Waals surface area contributed by atoms with E-state index in [0.717, 1.165) is 18.8 Å². The molecule has 2 saturated carbocycles. The van der Waals surface area contributed by atoms with Gasteiger partial charge in [-0.2, -0.15) is 0 Å². The molecule has 0 radical (unpaired) electrons. The number of hydrogen-bond donors (Lipinski definition) is 1. The van der Waals surface area contributed by atoms with Gasteiger partial charge >= 0.3 is 0 Å². The monoisotopic (exact) mass is 181 g/mol. The van der Waals surface area contributed by atoms with E-state index in [0.29, 0.717) is 17.9 Å². The van der Waals surface area contributed by atoms with Crippen molar-refractivity contribution >= 4 is 5.91 Å². The zero-order valence-corrected chi connectivity index (χ0v) is 8.38. The van der Waals surface area contributed by atoms with Crippen molar-refractivity contribution in [1.82, 2.24) is 5.32 Å². The van der Waals surface area contributed by atoms with Crippen LogP contribution < -0.4 is 5.32 Å². The first kappa shape index (κ1) is 9.04. The lowest BCUT2D eigenvalue weighted by molar-refractivity contribution is -0.126. The maximum atomic E-state index is 11.6. The van der Waals surface area contributed by atoms with Crippen molar-refractivity contribution in [2.75, 3.05) is 0 Å². The van der Waals surface area contributed by atoms with E-state index >= 15 is 0 Å². The molecular formula is C11H19NO. The Morgan fingerprint density at radius 1 is 1.08 bits per heavy atom. The zero-order valence-electron chi connectivity index (χ0n) is 8.38. The fourth-order valence-corrected chi connectivity index (χ4v) is 2.07. The molecule has 74 valence electrons. The summed E-state index contributed by atoms with van der Waals surface area (Å²) in [7, 11) is 0. The van der Waals surface area contributed by atoms with E-state index in [1.54, 1.807) is 0 Å². The van der Waals surface area contributed by atoms with Gasteiger partial charge in [0, 0.05) is 12.0 Å². The topological polar surface area (TPSA) is 29.1 Å². The molecule has 0 spiro atoms. The zero-order chi connectivity index (χ0) is 9.26. The van der Waals surface area contributed by atoms with Gasteiger partial charge in [-0.1, -0.05) is 6.92 Å². The van der Waals surface area contributed by atoms with Gasteiger partial charge in [-0.3, -0.25) is 4.79 Å². The molecule has 1 amide bonds. The Kier molecular flexibility index (Phi) is 2.56. The molecule has 2 aliphatic carbocycles. The molecule has 2 aliphatic rings. The summed E-state index contributed by atoms with van der Waals surface area (Å²) >= 11 is 0. The minimum Gasteiger partial charge on any atom is -0.353 e. The highest BCUT2D eigenvalue weighted by molar-refractivity contribution is 5.79. The maximum Gasteiger partial charge on any atom is 0.223 e. The van der Waals surface area contributed by atoms with Gasteiger partial charge in [0.05, 0.1) is 0 Å². The highest BCUT2D eigenvalue weighted by atomic mass is 16.2. The summed E-state index contributed by atoms with van der Waals surface area (Å²) in [4.78, 5) is 11.6. The van der Waals surface area contributed by atoms with Crippen LogP contribution in [-0.2, 0) is 4.79 Å². The van der Waals surface area contributed by atoms with Gasteiger partial charge in [-0.05, 0) is 44.4 Å². The number of nitrogens with one attached hydrogen (secondary N) is 1. The highest BCUT2D eigenvalue weighted by Gasteiger charge is 2.29. The van der Waals surface area contributed by atoms with Crippen LogP contribution in [0, 0.1) is 11.8 Å². The van der Waals surface area contributed by atoms with Crippen LogP contribution in [0.3, 0.4) is 0 Å². The largest absolute Gasteiger partial charge is 0.353 e. The molecule has 2 rings (SSSR count). The Morgan fingerprint density at radius 2 is 1.69 bits per heavy atom. The summed E-state index contributed by atoms with van der Waals surface area (Å²) in [5, 5.41) is 3.10. The SMILES string of the molecule is C[C@H]1CC[C@@H](C(=O)NC2CC2)CC1. The van der Waals surface area contributed by atoms with Crippen molar-refractivity contribution in [1.29, 1.82) is 0 Å². The molecule has 0 aromatic heterocycles. The molecule has 0 atom stereocenters. The van der Waals surface area contributed by atoms with Crippen molar-refractivity contribution in [2.45, 2.75) is 51.5 Å². The molecule has 0 heterocycles. The number of rotatable bonds is 2. The minimum atomic E-state index is 0.328. The van der Waals surface area contributed by atoms with Gasteiger partial charge in [0.25, 0.3) is 0 Å². The molecule has 0 aliphatic heterocycles. The van der Waals surface area contributed by atoms with Crippen molar-refractivity contribution in [3.8, 4) is 0 Å². The quantitative estimate of drug-likeness (QED) is 0.694. The Bertz CT molecular complexity index is 190. The van der Waals surface area contributed by atoms with Crippen LogP contribution in [0.15, 0.2) is 0 Å². The Morgan fingerprint density at radius 3 is 2.23 bits per heavy atom. The maximum absolute atomic E-state index is 11.6. The molecule has 2 fully saturated rings. The van der Waals surface area contributed by atoms with E-state index in [1.807, 2.05) is 0 Å². The number of carbonyl (C=O) groups is 1. The van der Waals surface area contributed by atoms with Crippen LogP contribution in [0.1, 0.15) is 45.4 Å². The average molecular weight is 181 g/mol. The van der Waals surface area contributed by atoms with Gasteiger partial charge in [-0.25, -0.2) is 0 Å². The lowest BCUT2D eigenvalue weighted by atomic mass is 9.82. The second-order valence-corrected chi connectivity index (χ2v) is 4.74. The molecule has 0 unspecified atom stereocenters. The highest BCUT2D eigenvalue weighted by Crippen LogP contribution is 2.29. The van der Waals surface area contributed by atoms with E-state index in [4.69, 9.17) is 0 Å². The average Bonchev–Trinajstić information content (AvgIpc) is 2.89. The van der Waals surface area contributed by atoms with E-state index in [2.05, 4.69) is 12.2 Å². The van der Waals surface area contributed by atoms with E-state index in [1.165, 1.54) is 25.7 Å². The first-order chi connectivity index (χ1) is 6.25. The number of hydrogen-bond acceptors (Lipinski definition) is 1. The van der Waals surface area contributed by atoms with Crippen LogP contribution in [-0.4, -0.2) is 11.9 Å². The van der Waals surface area contributed by atoms with Crippen LogP contribution in [0.4, 0.5) is 0 Å². The third kappa shape index (κ3) is 2.45. The van der Waals surface area contributed by atoms with E-state index in [-0.39, 0.29) is 0 Å². The molecule has 2 nitrogen and oxygen atoms in total. The second-order valence-electron chi connectivity index (χ2n) is 4.74. The van der Waals surface area contributed by atoms with Crippen LogP contribution in [0.25, 0.3) is 0 Å². The fourth-order valence-electron chi connectivity index (χ4n) is 2.07. The van der Waals surface area contributed by atoms with Crippen molar-refractivity contribution in [2.24, 2.45) is 11.8 Å². The fraction of sp³-hybridized carbons (Fsp3) is 0.909. The van der Waals surface area contributed by atoms with Gasteiger partial charge in [-0.15, -0.1) is 0 Å². The van der Waals surface area contributed by atoms with Crippen LogP contribution >= 0.6 is 0 Å². The Labute approximate surface area is 80.1 Å². The molecule has 13 heavy (non-hydrogen) atoms.